The third kappa shape index (κ3) is 1.81. The quantitative estimate of drug-likeness (QED) is 0.650. The Morgan fingerprint density at radius 2 is 2.00 bits per heavy atom. The van der Waals surface area contributed by atoms with Crippen LogP contribution in [0.1, 0.15) is 16.8 Å². The first-order valence-electron chi connectivity index (χ1n) is 5.49. The minimum Gasteiger partial charge on any atom is -0.378 e. The van der Waals surface area contributed by atoms with Crippen LogP contribution in [-0.2, 0) is 0 Å². The van der Waals surface area contributed by atoms with Crippen LogP contribution < -0.4 is 5.73 Å². The van der Waals surface area contributed by atoms with Crippen molar-refractivity contribution in [1.29, 1.82) is 0 Å². The van der Waals surface area contributed by atoms with Crippen LogP contribution in [-0.4, -0.2) is 14.7 Å². The SMILES string of the molecule is Cc1ccc(C)c(-n2nc(C)c([N+](=O)[O-])c2N)c1. The number of hydrogen-bond acceptors (Lipinski definition) is 4. The first-order valence-corrected chi connectivity index (χ1v) is 5.49. The summed E-state index contributed by atoms with van der Waals surface area (Å²) >= 11 is 0. The Morgan fingerprint density at radius 3 is 2.56 bits per heavy atom. The highest BCUT2D eigenvalue weighted by atomic mass is 16.6. The number of nitro groups is 1. The number of nitrogens with two attached hydrogens (primary N) is 1. The van der Waals surface area contributed by atoms with Crippen molar-refractivity contribution in [1.82, 2.24) is 9.78 Å². The summed E-state index contributed by atoms with van der Waals surface area (Å²) < 4.78 is 1.43. The second-order valence-electron chi connectivity index (χ2n) is 4.28. The molecule has 2 N–H and O–H groups in total. The first-order chi connectivity index (χ1) is 8.41. The Hall–Kier alpha value is -2.37. The molecule has 0 unspecified atom stereocenters. The van der Waals surface area contributed by atoms with Gasteiger partial charge in [0.1, 0.15) is 5.69 Å². The van der Waals surface area contributed by atoms with E-state index in [1.54, 1.807) is 6.92 Å². The smallest absolute Gasteiger partial charge is 0.333 e. The summed E-state index contributed by atoms with van der Waals surface area (Å²) in [7, 11) is 0. The Balaban J connectivity index is 2.69. The lowest BCUT2D eigenvalue weighted by molar-refractivity contribution is -0.384. The van der Waals surface area contributed by atoms with Gasteiger partial charge in [-0.3, -0.25) is 10.1 Å². The van der Waals surface area contributed by atoms with Gasteiger partial charge < -0.3 is 5.73 Å². The van der Waals surface area contributed by atoms with E-state index in [4.69, 9.17) is 5.73 Å². The molecule has 2 rings (SSSR count). The van der Waals surface area contributed by atoms with Crippen molar-refractivity contribution in [3.63, 3.8) is 0 Å². The average molecular weight is 246 g/mol. The molecule has 18 heavy (non-hydrogen) atoms. The van der Waals surface area contributed by atoms with Crippen molar-refractivity contribution >= 4 is 11.5 Å². The molecule has 1 heterocycles. The zero-order valence-corrected chi connectivity index (χ0v) is 10.5. The molecule has 0 saturated heterocycles. The lowest BCUT2D eigenvalue weighted by Crippen LogP contribution is -2.05. The van der Waals surface area contributed by atoms with Gasteiger partial charge in [0.25, 0.3) is 0 Å². The normalized spacial score (nSPS) is 10.6. The van der Waals surface area contributed by atoms with E-state index >= 15 is 0 Å². The topological polar surface area (TPSA) is 87.0 Å². The van der Waals surface area contributed by atoms with Gasteiger partial charge in [0, 0.05) is 0 Å². The van der Waals surface area contributed by atoms with Gasteiger partial charge in [0.2, 0.25) is 5.82 Å². The number of rotatable bonds is 2. The summed E-state index contributed by atoms with van der Waals surface area (Å²) in [6, 6.07) is 5.81. The van der Waals surface area contributed by atoms with Gasteiger partial charge in [-0.25, -0.2) is 4.68 Å². The molecule has 0 bridgehead atoms. The monoisotopic (exact) mass is 246 g/mol. The van der Waals surface area contributed by atoms with Gasteiger partial charge in [-0.05, 0) is 38.0 Å². The molecule has 6 nitrogen and oxygen atoms in total. The Kier molecular flexibility index (Phi) is 2.78. The Morgan fingerprint density at radius 1 is 1.33 bits per heavy atom. The zero-order valence-electron chi connectivity index (χ0n) is 10.5. The molecule has 0 aliphatic heterocycles. The number of nitrogens with zero attached hydrogens (tertiary/aromatic N) is 3. The molecule has 0 atom stereocenters. The number of aryl methyl sites for hydroxylation is 3. The minimum absolute atomic E-state index is 0.0613. The number of anilines is 1. The highest BCUT2D eigenvalue weighted by molar-refractivity contribution is 5.61. The molecular weight excluding hydrogens is 232 g/mol. The van der Waals surface area contributed by atoms with Crippen molar-refractivity contribution in [2.24, 2.45) is 0 Å². The van der Waals surface area contributed by atoms with Crippen LogP contribution in [0, 0.1) is 30.9 Å². The van der Waals surface area contributed by atoms with Crippen molar-refractivity contribution < 1.29 is 4.92 Å². The molecule has 1 aromatic carbocycles. The summed E-state index contributed by atoms with van der Waals surface area (Å²) in [5.74, 6) is 0.0613. The predicted octanol–water partition coefficient (Wildman–Crippen LogP) is 2.29. The summed E-state index contributed by atoms with van der Waals surface area (Å²) in [5.41, 5.74) is 8.78. The van der Waals surface area contributed by atoms with Crippen LogP contribution in [0.15, 0.2) is 18.2 Å². The maximum atomic E-state index is 10.9. The number of hydrogen-bond donors (Lipinski definition) is 1. The molecule has 0 saturated carbocycles. The van der Waals surface area contributed by atoms with Crippen LogP contribution >= 0.6 is 0 Å². The second-order valence-corrected chi connectivity index (χ2v) is 4.28. The number of aromatic nitrogens is 2. The van der Waals surface area contributed by atoms with E-state index in [-0.39, 0.29) is 11.5 Å². The van der Waals surface area contributed by atoms with Crippen molar-refractivity contribution in [2.45, 2.75) is 20.8 Å². The molecule has 0 radical (unpaired) electrons. The third-order valence-electron chi connectivity index (χ3n) is 2.84. The van der Waals surface area contributed by atoms with Gasteiger partial charge in [0.15, 0.2) is 0 Å². The largest absolute Gasteiger partial charge is 0.378 e. The van der Waals surface area contributed by atoms with E-state index in [0.717, 1.165) is 16.8 Å². The zero-order chi connectivity index (χ0) is 13.4. The van der Waals surface area contributed by atoms with Gasteiger partial charge in [-0.1, -0.05) is 12.1 Å². The molecule has 1 aromatic heterocycles. The van der Waals surface area contributed by atoms with Crippen molar-refractivity contribution in [2.75, 3.05) is 5.73 Å². The molecule has 0 spiro atoms. The standard InChI is InChI=1S/C12H14N4O2/c1-7-4-5-8(2)10(6-7)15-12(13)11(16(17)18)9(3)14-15/h4-6H,13H2,1-3H3. The van der Waals surface area contributed by atoms with Crippen LogP contribution in [0.5, 0.6) is 0 Å². The minimum atomic E-state index is -0.501. The van der Waals surface area contributed by atoms with Gasteiger partial charge in [-0.2, -0.15) is 5.10 Å². The van der Waals surface area contributed by atoms with E-state index in [2.05, 4.69) is 5.10 Å². The van der Waals surface area contributed by atoms with Crippen LogP contribution in [0.2, 0.25) is 0 Å². The maximum absolute atomic E-state index is 10.9. The molecular formula is C12H14N4O2. The molecule has 0 aliphatic rings. The predicted molar refractivity (Wildman–Crippen MR) is 68.8 cm³/mol. The third-order valence-corrected chi connectivity index (χ3v) is 2.84. The summed E-state index contributed by atoms with van der Waals surface area (Å²) in [6.45, 7) is 5.44. The first kappa shape index (κ1) is 12.1. The Labute approximate surface area is 104 Å². The fourth-order valence-electron chi connectivity index (χ4n) is 1.89. The fourth-order valence-corrected chi connectivity index (χ4v) is 1.89. The van der Waals surface area contributed by atoms with Gasteiger partial charge >= 0.3 is 5.69 Å². The lowest BCUT2D eigenvalue weighted by Gasteiger charge is -2.08. The van der Waals surface area contributed by atoms with Crippen LogP contribution in [0.3, 0.4) is 0 Å². The second kappa shape index (κ2) is 4.14. The highest BCUT2D eigenvalue weighted by Gasteiger charge is 2.24. The summed E-state index contributed by atoms with van der Waals surface area (Å²) in [4.78, 5) is 10.4. The molecule has 2 aromatic rings. The molecule has 0 amide bonds. The van der Waals surface area contributed by atoms with E-state index in [1.807, 2.05) is 32.0 Å². The summed E-state index contributed by atoms with van der Waals surface area (Å²) in [6.07, 6.45) is 0. The van der Waals surface area contributed by atoms with Crippen LogP contribution in [0.4, 0.5) is 11.5 Å². The van der Waals surface area contributed by atoms with E-state index < -0.39 is 4.92 Å². The van der Waals surface area contributed by atoms with E-state index in [9.17, 15) is 10.1 Å². The average Bonchev–Trinajstić information content (AvgIpc) is 2.57. The number of nitrogen functional groups attached to an aromatic ring is 1. The highest BCUT2D eigenvalue weighted by Crippen LogP contribution is 2.29. The molecule has 0 fully saturated rings. The number of benzene rings is 1. The van der Waals surface area contributed by atoms with Crippen molar-refractivity contribution in [3.05, 3.63) is 45.1 Å². The van der Waals surface area contributed by atoms with E-state index in [1.165, 1.54) is 4.68 Å². The summed E-state index contributed by atoms with van der Waals surface area (Å²) in [5, 5.41) is 15.1. The Bertz CT molecular complexity index is 631. The van der Waals surface area contributed by atoms with Gasteiger partial charge in [-0.15, -0.1) is 0 Å². The van der Waals surface area contributed by atoms with Gasteiger partial charge in [0.05, 0.1) is 10.6 Å². The van der Waals surface area contributed by atoms with Crippen molar-refractivity contribution in [3.8, 4) is 5.69 Å². The molecule has 0 aliphatic carbocycles. The fraction of sp³-hybridized carbons (Fsp3) is 0.250. The van der Waals surface area contributed by atoms with Crippen LogP contribution in [0.25, 0.3) is 5.69 Å². The molecule has 94 valence electrons. The van der Waals surface area contributed by atoms with E-state index in [0.29, 0.717) is 5.69 Å². The maximum Gasteiger partial charge on any atom is 0.333 e. The lowest BCUT2D eigenvalue weighted by atomic mass is 10.1. The molecule has 6 heteroatoms.